The third-order valence-corrected chi connectivity index (χ3v) is 3.94. The Labute approximate surface area is 141 Å². The van der Waals surface area contributed by atoms with Crippen LogP contribution in [0.15, 0.2) is 34.9 Å². The Morgan fingerprint density at radius 1 is 1.35 bits per heavy atom. The van der Waals surface area contributed by atoms with Crippen molar-refractivity contribution in [3.8, 4) is 0 Å². The quantitative estimate of drug-likeness (QED) is 0.897. The number of aromatic nitrogens is 2. The molecule has 7 heteroatoms. The number of anilines is 1. The zero-order valence-electron chi connectivity index (χ0n) is 13.0. The first-order valence-electron chi connectivity index (χ1n) is 7.59. The van der Waals surface area contributed by atoms with E-state index in [-0.39, 0.29) is 30.3 Å². The summed E-state index contributed by atoms with van der Waals surface area (Å²) in [4.78, 5) is 16.4. The van der Waals surface area contributed by atoms with E-state index in [9.17, 15) is 4.79 Å². The van der Waals surface area contributed by atoms with Crippen LogP contribution in [0.25, 0.3) is 0 Å². The van der Waals surface area contributed by atoms with Crippen LogP contribution < -0.4 is 10.6 Å². The maximum absolute atomic E-state index is 12.0. The van der Waals surface area contributed by atoms with E-state index in [1.807, 2.05) is 30.3 Å². The highest BCUT2D eigenvalue weighted by Crippen LogP contribution is 2.28. The monoisotopic (exact) mass is 336 g/mol. The second-order valence-corrected chi connectivity index (χ2v) is 5.82. The van der Waals surface area contributed by atoms with Crippen LogP contribution in [0.3, 0.4) is 0 Å². The van der Waals surface area contributed by atoms with Gasteiger partial charge >= 0.3 is 0 Å². The first kappa shape index (κ1) is 17.4. The summed E-state index contributed by atoms with van der Waals surface area (Å²) in [6.45, 7) is 3.01. The molecule has 124 valence electrons. The lowest BCUT2D eigenvalue weighted by atomic mass is 9.91. The molecule has 1 aromatic carbocycles. The SMILES string of the molecule is CC1(c2nc(CC(=O)Nc3ccccc3)no2)CCCCN1.Cl. The van der Waals surface area contributed by atoms with Crippen LogP contribution in [0.5, 0.6) is 0 Å². The average molecular weight is 337 g/mol. The van der Waals surface area contributed by atoms with Crippen LogP contribution in [0.2, 0.25) is 0 Å². The standard InChI is InChI=1S/C16H20N4O2.ClH/c1-16(9-5-6-10-17-16)15-19-13(20-22-15)11-14(21)18-12-7-3-2-4-8-12;/h2-4,7-8,17H,5-6,9-11H2,1H3,(H,18,21);1H. The van der Waals surface area contributed by atoms with Gasteiger partial charge < -0.3 is 15.2 Å². The van der Waals surface area contributed by atoms with Gasteiger partial charge in [0, 0.05) is 5.69 Å². The van der Waals surface area contributed by atoms with E-state index in [2.05, 4.69) is 27.7 Å². The fourth-order valence-electron chi connectivity index (χ4n) is 2.66. The minimum atomic E-state index is -0.278. The molecule has 1 saturated heterocycles. The molecule has 2 N–H and O–H groups in total. The lowest BCUT2D eigenvalue weighted by Gasteiger charge is -2.31. The number of rotatable bonds is 4. The van der Waals surface area contributed by atoms with Gasteiger partial charge in [0.05, 0.1) is 12.0 Å². The zero-order chi connectivity index (χ0) is 15.4. The van der Waals surface area contributed by atoms with Crippen LogP contribution in [0, 0.1) is 0 Å². The summed E-state index contributed by atoms with van der Waals surface area (Å²) in [6, 6.07) is 9.33. The second kappa shape index (κ2) is 7.57. The normalized spacial score (nSPS) is 20.6. The van der Waals surface area contributed by atoms with Crippen LogP contribution in [-0.2, 0) is 16.8 Å². The van der Waals surface area contributed by atoms with E-state index in [1.165, 1.54) is 0 Å². The van der Waals surface area contributed by atoms with Gasteiger partial charge in [-0.25, -0.2) is 0 Å². The van der Waals surface area contributed by atoms with Gasteiger partial charge in [0.1, 0.15) is 0 Å². The average Bonchev–Trinajstić information content (AvgIpc) is 2.98. The number of piperidine rings is 1. The summed E-state index contributed by atoms with van der Waals surface area (Å²) >= 11 is 0. The van der Waals surface area contributed by atoms with Crippen molar-refractivity contribution in [2.24, 2.45) is 0 Å². The highest BCUT2D eigenvalue weighted by atomic mass is 35.5. The molecule has 1 aliphatic heterocycles. The Morgan fingerprint density at radius 2 is 2.13 bits per heavy atom. The number of nitrogens with one attached hydrogen (secondary N) is 2. The Bertz CT molecular complexity index is 639. The predicted octanol–water partition coefficient (Wildman–Crippen LogP) is 2.66. The van der Waals surface area contributed by atoms with Gasteiger partial charge in [-0.2, -0.15) is 4.98 Å². The maximum atomic E-state index is 12.0. The minimum absolute atomic E-state index is 0. The van der Waals surface area contributed by atoms with Crippen molar-refractivity contribution in [3.05, 3.63) is 42.0 Å². The Hall–Kier alpha value is -1.92. The van der Waals surface area contributed by atoms with E-state index in [4.69, 9.17) is 4.52 Å². The van der Waals surface area contributed by atoms with Crippen molar-refractivity contribution in [2.75, 3.05) is 11.9 Å². The third kappa shape index (κ3) is 4.30. The summed E-state index contributed by atoms with van der Waals surface area (Å²) in [6.07, 6.45) is 3.37. The van der Waals surface area contributed by atoms with Gasteiger partial charge in [-0.05, 0) is 44.9 Å². The first-order valence-corrected chi connectivity index (χ1v) is 7.59. The van der Waals surface area contributed by atoms with E-state index < -0.39 is 0 Å². The van der Waals surface area contributed by atoms with Crippen molar-refractivity contribution >= 4 is 24.0 Å². The highest BCUT2D eigenvalue weighted by molar-refractivity contribution is 5.91. The van der Waals surface area contributed by atoms with Gasteiger partial charge in [0.2, 0.25) is 11.8 Å². The topological polar surface area (TPSA) is 80.1 Å². The second-order valence-electron chi connectivity index (χ2n) is 5.82. The van der Waals surface area contributed by atoms with Gasteiger partial charge in [-0.1, -0.05) is 23.4 Å². The summed E-state index contributed by atoms with van der Waals surface area (Å²) < 4.78 is 5.35. The van der Waals surface area contributed by atoms with Crippen molar-refractivity contribution < 1.29 is 9.32 Å². The van der Waals surface area contributed by atoms with Crippen LogP contribution >= 0.6 is 12.4 Å². The van der Waals surface area contributed by atoms with Gasteiger partial charge in [-0.3, -0.25) is 4.79 Å². The number of halogens is 1. The first-order chi connectivity index (χ1) is 10.7. The zero-order valence-corrected chi connectivity index (χ0v) is 13.9. The molecule has 23 heavy (non-hydrogen) atoms. The van der Waals surface area contributed by atoms with Gasteiger partial charge in [0.25, 0.3) is 0 Å². The Balaban J connectivity index is 0.00000192. The number of para-hydroxylation sites is 1. The van der Waals surface area contributed by atoms with Crippen LogP contribution in [-0.4, -0.2) is 22.6 Å². The van der Waals surface area contributed by atoms with E-state index in [0.717, 1.165) is 31.5 Å². The molecule has 1 fully saturated rings. The molecule has 1 aliphatic rings. The largest absolute Gasteiger partial charge is 0.337 e. The van der Waals surface area contributed by atoms with Crippen molar-refractivity contribution in [1.29, 1.82) is 0 Å². The molecule has 0 saturated carbocycles. The van der Waals surface area contributed by atoms with Crippen LogP contribution in [0.1, 0.15) is 37.9 Å². The van der Waals surface area contributed by atoms with Crippen molar-refractivity contribution in [2.45, 2.75) is 38.1 Å². The van der Waals surface area contributed by atoms with Gasteiger partial charge in [-0.15, -0.1) is 12.4 Å². The fraction of sp³-hybridized carbons (Fsp3) is 0.438. The third-order valence-electron chi connectivity index (χ3n) is 3.94. The Kier molecular flexibility index (Phi) is 5.74. The number of carbonyl (C=O) groups is 1. The number of carbonyl (C=O) groups excluding carboxylic acids is 1. The minimum Gasteiger partial charge on any atom is -0.337 e. The van der Waals surface area contributed by atoms with Crippen molar-refractivity contribution in [1.82, 2.24) is 15.5 Å². The van der Waals surface area contributed by atoms with Crippen molar-refractivity contribution in [3.63, 3.8) is 0 Å². The molecule has 1 atom stereocenters. The molecule has 2 aromatic rings. The molecular formula is C16H21ClN4O2. The molecule has 0 bridgehead atoms. The Morgan fingerprint density at radius 3 is 2.83 bits per heavy atom. The van der Waals surface area contributed by atoms with E-state index >= 15 is 0 Å². The van der Waals surface area contributed by atoms with E-state index in [0.29, 0.717) is 11.7 Å². The van der Waals surface area contributed by atoms with Crippen LogP contribution in [0.4, 0.5) is 5.69 Å². The smallest absolute Gasteiger partial charge is 0.246 e. The lowest BCUT2D eigenvalue weighted by molar-refractivity contribution is -0.115. The summed E-state index contributed by atoms with van der Waals surface area (Å²) in [7, 11) is 0. The molecule has 1 amide bonds. The molecule has 2 heterocycles. The van der Waals surface area contributed by atoms with Gasteiger partial charge in [0.15, 0.2) is 5.82 Å². The summed E-state index contributed by atoms with van der Waals surface area (Å²) in [5.74, 6) is 0.826. The molecule has 6 nitrogen and oxygen atoms in total. The molecule has 0 spiro atoms. The predicted molar refractivity (Wildman–Crippen MR) is 89.5 cm³/mol. The molecule has 0 radical (unpaired) electrons. The number of hydrogen-bond acceptors (Lipinski definition) is 5. The summed E-state index contributed by atoms with van der Waals surface area (Å²) in [5.41, 5.74) is 0.483. The maximum Gasteiger partial charge on any atom is 0.246 e. The fourth-order valence-corrected chi connectivity index (χ4v) is 2.66. The highest BCUT2D eigenvalue weighted by Gasteiger charge is 2.34. The number of amides is 1. The molecule has 3 rings (SSSR count). The molecular weight excluding hydrogens is 316 g/mol. The molecule has 0 aliphatic carbocycles. The lowest BCUT2D eigenvalue weighted by Crippen LogP contribution is -2.43. The number of hydrogen-bond donors (Lipinski definition) is 2. The number of nitrogens with zero attached hydrogens (tertiary/aromatic N) is 2. The molecule has 1 unspecified atom stereocenters. The van der Waals surface area contributed by atoms with E-state index in [1.54, 1.807) is 0 Å². The summed E-state index contributed by atoms with van der Waals surface area (Å²) in [5, 5.41) is 10.2. The molecule has 1 aromatic heterocycles. The number of benzene rings is 1.